The van der Waals surface area contributed by atoms with Gasteiger partial charge < -0.3 is 14.7 Å². The van der Waals surface area contributed by atoms with Crippen molar-refractivity contribution >= 4 is 11.9 Å². The first-order chi connectivity index (χ1) is 8.50. The van der Waals surface area contributed by atoms with Gasteiger partial charge in [0.1, 0.15) is 0 Å². The second-order valence-electron chi connectivity index (χ2n) is 5.20. The number of nitrogens with zero attached hydrogens (tertiary/aromatic N) is 1. The number of morpholine rings is 1. The van der Waals surface area contributed by atoms with Crippen molar-refractivity contribution in [3.63, 3.8) is 0 Å². The molecule has 1 rings (SSSR count). The molecule has 18 heavy (non-hydrogen) atoms. The Morgan fingerprint density at radius 3 is 2.39 bits per heavy atom. The molecule has 1 N–H and O–H groups in total. The van der Waals surface area contributed by atoms with Crippen molar-refractivity contribution < 1.29 is 19.4 Å². The number of rotatable bonds is 6. The van der Waals surface area contributed by atoms with Crippen LogP contribution < -0.4 is 0 Å². The molecule has 1 amide bonds. The van der Waals surface area contributed by atoms with Gasteiger partial charge in [0.2, 0.25) is 5.91 Å². The lowest BCUT2D eigenvalue weighted by atomic mass is 9.93. The van der Waals surface area contributed by atoms with Gasteiger partial charge in [0.05, 0.1) is 19.1 Å². The number of carboxylic acid groups (broad SMARTS) is 1. The highest BCUT2D eigenvalue weighted by atomic mass is 16.5. The number of amides is 1. The molecule has 1 saturated heterocycles. The van der Waals surface area contributed by atoms with E-state index in [1.807, 2.05) is 13.8 Å². The number of hydrogen-bond acceptors (Lipinski definition) is 3. The van der Waals surface area contributed by atoms with Crippen LogP contribution in [0.5, 0.6) is 0 Å². The van der Waals surface area contributed by atoms with Crippen LogP contribution in [0, 0.1) is 11.8 Å². The molecule has 0 saturated carbocycles. The first-order valence-corrected chi connectivity index (χ1v) is 6.59. The third-order valence-electron chi connectivity index (χ3n) is 3.18. The van der Waals surface area contributed by atoms with Crippen LogP contribution in [0.1, 0.15) is 33.1 Å². The lowest BCUT2D eigenvalue weighted by molar-refractivity contribution is -0.143. The SMILES string of the molecule is CC(C)CC(CCC(=O)N1CCOCC1)C(=O)O. The smallest absolute Gasteiger partial charge is 0.306 e. The van der Waals surface area contributed by atoms with Crippen LogP contribution >= 0.6 is 0 Å². The molecule has 0 aromatic heterocycles. The summed E-state index contributed by atoms with van der Waals surface area (Å²) in [6.45, 7) is 6.42. The summed E-state index contributed by atoms with van der Waals surface area (Å²) in [6.07, 6.45) is 1.39. The Bertz CT molecular complexity index is 285. The highest BCUT2D eigenvalue weighted by molar-refractivity contribution is 5.77. The van der Waals surface area contributed by atoms with Crippen molar-refractivity contribution in [2.45, 2.75) is 33.1 Å². The van der Waals surface area contributed by atoms with Gasteiger partial charge in [-0.3, -0.25) is 9.59 Å². The molecule has 1 heterocycles. The van der Waals surface area contributed by atoms with E-state index in [2.05, 4.69) is 0 Å². The van der Waals surface area contributed by atoms with E-state index in [0.717, 1.165) is 0 Å². The predicted octanol–water partition coefficient (Wildman–Crippen LogP) is 1.37. The van der Waals surface area contributed by atoms with Crippen LogP contribution in [0.25, 0.3) is 0 Å². The van der Waals surface area contributed by atoms with Crippen molar-refractivity contribution in [3.8, 4) is 0 Å². The minimum atomic E-state index is -0.793. The van der Waals surface area contributed by atoms with E-state index in [1.54, 1.807) is 4.90 Å². The molecule has 1 atom stereocenters. The average Bonchev–Trinajstić information content (AvgIpc) is 2.34. The largest absolute Gasteiger partial charge is 0.481 e. The van der Waals surface area contributed by atoms with Crippen LogP contribution in [-0.2, 0) is 14.3 Å². The summed E-state index contributed by atoms with van der Waals surface area (Å²) in [7, 11) is 0. The van der Waals surface area contributed by atoms with Gasteiger partial charge in [-0.05, 0) is 18.8 Å². The van der Waals surface area contributed by atoms with Gasteiger partial charge >= 0.3 is 5.97 Å². The van der Waals surface area contributed by atoms with Gasteiger partial charge in [0.25, 0.3) is 0 Å². The molecule has 0 aromatic carbocycles. The molecule has 104 valence electrons. The Morgan fingerprint density at radius 2 is 1.89 bits per heavy atom. The third-order valence-corrected chi connectivity index (χ3v) is 3.18. The standard InChI is InChI=1S/C13H23NO4/c1-10(2)9-11(13(16)17)3-4-12(15)14-5-7-18-8-6-14/h10-11H,3-9H2,1-2H3,(H,16,17). The maximum Gasteiger partial charge on any atom is 0.306 e. The van der Waals surface area contributed by atoms with Gasteiger partial charge in [-0.25, -0.2) is 0 Å². The molecular formula is C13H23NO4. The molecule has 5 nitrogen and oxygen atoms in total. The van der Waals surface area contributed by atoms with Crippen molar-refractivity contribution in [3.05, 3.63) is 0 Å². The van der Waals surface area contributed by atoms with E-state index in [4.69, 9.17) is 9.84 Å². The summed E-state index contributed by atoms with van der Waals surface area (Å²) in [4.78, 5) is 24.7. The first-order valence-electron chi connectivity index (χ1n) is 6.59. The first kappa shape index (κ1) is 15.0. The number of carbonyl (C=O) groups is 2. The van der Waals surface area contributed by atoms with E-state index in [1.165, 1.54) is 0 Å². The van der Waals surface area contributed by atoms with Crippen molar-refractivity contribution in [1.29, 1.82) is 0 Å². The van der Waals surface area contributed by atoms with Crippen LogP contribution in [-0.4, -0.2) is 48.2 Å². The summed E-state index contributed by atoms with van der Waals surface area (Å²) >= 11 is 0. The van der Waals surface area contributed by atoms with Gasteiger partial charge in [-0.2, -0.15) is 0 Å². The summed E-state index contributed by atoms with van der Waals surface area (Å²) < 4.78 is 5.18. The van der Waals surface area contributed by atoms with E-state index >= 15 is 0 Å². The average molecular weight is 257 g/mol. The van der Waals surface area contributed by atoms with Gasteiger partial charge in [-0.1, -0.05) is 13.8 Å². The Morgan fingerprint density at radius 1 is 1.28 bits per heavy atom. The monoisotopic (exact) mass is 257 g/mol. The zero-order chi connectivity index (χ0) is 13.5. The predicted molar refractivity (Wildman–Crippen MR) is 67.2 cm³/mol. The van der Waals surface area contributed by atoms with Gasteiger partial charge in [-0.15, -0.1) is 0 Å². The van der Waals surface area contributed by atoms with Crippen molar-refractivity contribution in [2.75, 3.05) is 26.3 Å². The van der Waals surface area contributed by atoms with Crippen molar-refractivity contribution in [1.82, 2.24) is 4.90 Å². The molecule has 0 radical (unpaired) electrons. The lowest BCUT2D eigenvalue weighted by Crippen LogP contribution is -2.40. The minimum absolute atomic E-state index is 0.0494. The normalized spacial score (nSPS) is 17.8. The minimum Gasteiger partial charge on any atom is -0.481 e. The molecule has 1 aliphatic heterocycles. The number of carboxylic acids is 1. The second kappa shape index (κ2) is 7.36. The fourth-order valence-electron chi connectivity index (χ4n) is 2.18. The van der Waals surface area contributed by atoms with Crippen LogP contribution in [0.15, 0.2) is 0 Å². The Hall–Kier alpha value is -1.10. The van der Waals surface area contributed by atoms with Gasteiger partial charge in [0.15, 0.2) is 0 Å². The molecule has 1 unspecified atom stereocenters. The zero-order valence-corrected chi connectivity index (χ0v) is 11.2. The van der Waals surface area contributed by atoms with Crippen molar-refractivity contribution in [2.24, 2.45) is 11.8 Å². The Labute approximate surface area is 108 Å². The lowest BCUT2D eigenvalue weighted by Gasteiger charge is -2.27. The van der Waals surface area contributed by atoms with Crippen LogP contribution in [0.2, 0.25) is 0 Å². The summed E-state index contributed by atoms with van der Waals surface area (Å²) in [5.74, 6) is -0.814. The fourth-order valence-corrected chi connectivity index (χ4v) is 2.18. The Balaban J connectivity index is 2.36. The number of hydrogen-bond donors (Lipinski definition) is 1. The van der Waals surface area contributed by atoms with E-state index < -0.39 is 11.9 Å². The molecule has 5 heteroatoms. The van der Waals surface area contributed by atoms with E-state index in [9.17, 15) is 9.59 Å². The second-order valence-corrected chi connectivity index (χ2v) is 5.20. The maximum atomic E-state index is 11.9. The molecular weight excluding hydrogens is 234 g/mol. The molecule has 1 fully saturated rings. The number of aliphatic carboxylic acids is 1. The molecule has 1 aliphatic rings. The summed E-state index contributed by atoms with van der Waals surface area (Å²) in [6, 6.07) is 0. The summed E-state index contributed by atoms with van der Waals surface area (Å²) in [5, 5.41) is 9.10. The molecule has 0 aliphatic carbocycles. The molecule has 0 aromatic rings. The highest BCUT2D eigenvalue weighted by Gasteiger charge is 2.22. The number of ether oxygens (including phenoxy) is 1. The molecule has 0 spiro atoms. The maximum absolute atomic E-state index is 11.9. The van der Waals surface area contributed by atoms with E-state index in [-0.39, 0.29) is 5.91 Å². The highest BCUT2D eigenvalue weighted by Crippen LogP contribution is 2.18. The number of carbonyl (C=O) groups excluding carboxylic acids is 1. The van der Waals surface area contributed by atoms with E-state index in [0.29, 0.717) is 51.5 Å². The zero-order valence-electron chi connectivity index (χ0n) is 11.2. The van der Waals surface area contributed by atoms with Crippen LogP contribution in [0.4, 0.5) is 0 Å². The van der Waals surface area contributed by atoms with Gasteiger partial charge in [0, 0.05) is 19.5 Å². The van der Waals surface area contributed by atoms with Crippen LogP contribution in [0.3, 0.4) is 0 Å². The molecule has 0 bridgehead atoms. The quantitative estimate of drug-likeness (QED) is 0.780. The fraction of sp³-hybridized carbons (Fsp3) is 0.846. The topological polar surface area (TPSA) is 66.8 Å². The third kappa shape index (κ3) is 5.04. The summed E-state index contributed by atoms with van der Waals surface area (Å²) in [5.41, 5.74) is 0. The Kier molecular flexibility index (Phi) is 6.12.